The van der Waals surface area contributed by atoms with Crippen molar-refractivity contribution in [2.24, 2.45) is 5.41 Å². The summed E-state index contributed by atoms with van der Waals surface area (Å²) < 4.78 is 13.7. The van der Waals surface area contributed by atoms with Crippen LogP contribution in [0.4, 0.5) is 15.8 Å². The van der Waals surface area contributed by atoms with E-state index in [1.54, 1.807) is 0 Å². The molecule has 1 fully saturated rings. The summed E-state index contributed by atoms with van der Waals surface area (Å²) in [7, 11) is 0. The Bertz CT molecular complexity index is 506. The first-order chi connectivity index (χ1) is 8.30. The van der Waals surface area contributed by atoms with Gasteiger partial charge in [-0.1, -0.05) is 13.8 Å². The van der Waals surface area contributed by atoms with Gasteiger partial charge >= 0.3 is 0 Å². The number of nitrogens with two attached hydrogens (primary N) is 1. The lowest BCUT2D eigenvalue weighted by atomic mass is 9.81. The molecule has 1 aliphatic rings. The second kappa shape index (κ2) is 4.08. The van der Waals surface area contributed by atoms with E-state index in [-0.39, 0.29) is 35.8 Å². The molecule has 0 spiro atoms. The van der Waals surface area contributed by atoms with Crippen LogP contribution in [0.2, 0.25) is 0 Å². The number of hydrogen-bond acceptors (Lipinski definition) is 3. The summed E-state index contributed by atoms with van der Waals surface area (Å²) in [6.45, 7) is 3.69. The summed E-state index contributed by atoms with van der Waals surface area (Å²) in [6, 6.07) is 3.86. The van der Waals surface area contributed by atoms with Gasteiger partial charge in [-0.2, -0.15) is 0 Å². The van der Waals surface area contributed by atoms with Crippen molar-refractivity contribution >= 4 is 23.2 Å². The van der Waals surface area contributed by atoms with E-state index in [9.17, 15) is 14.0 Å². The highest BCUT2D eigenvalue weighted by Crippen LogP contribution is 2.35. The first-order valence-electron chi connectivity index (χ1n) is 5.71. The molecule has 0 radical (unpaired) electrons. The van der Waals surface area contributed by atoms with Gasteiger partial charge in [-0.25, -0.2) is 9.29 Å². The molecule has 1 saturated heterocycles. The summed E-state index contributed by atoms with van der Waals surface area (Å²) in [4.78, 5) is 24.9. The third-order valence-electron chi connectivity index (χ3n) is 2.97. The zero-order chi connectivity index (χ0) is 13.5. The van der Waals surface area contributed by atoms with E-state index in [0.717, 1.165) is 11.0 Å². The molecule has 1 aromatic carbocycles. The number of halogens is 1. The molecule has 1 aliphatic heterocycles. The smallest absolute Gasteiger partial charge is 0.234 e. The lowest BCUT2D eigenvalue weighted by Crippen LogP contribution is -2.46. The fourth-order valence-corrected chi connectivity index (χ4v) is 2.15. The largest absolute Gasteiger partial charge is 0.399 e. The number of benzene rings is 1. The summed E-state index contributed by atoms with van der Waals surface area (Å²) in [6.07, 6.45) is 0.431. The van der Waals surface area contributed by atoms with Crippen LogP contribution in [-0.2, 0) is 9.59 Å². The summed E-state index contributed by atoms with van der Waals surface area (Å²) in [5.41, 5.74) is 5.45. The minimum Gasteiger partial charge on any atom is -0.399 e. The molecular formula is C13H15FN2O2. The van der Waals surface area contributed by atoms with Crippen molar-refractivity contribution in [1.29, 1.82) is 0 Å². The molecule has 0 aromatic heterocycles. The first-order valence-corrected chi connectivity index (χ1v) is 5.71. The Labute approximate surface area is 105 Å². The van der Waals surface area contributed by atoms with Crippen LogP contribution in [0.1, 0.15) is 26.7 Å². The monoisotopic (exact) mass is 250 g/mol. The van der Waals surface area contributed by atoms with Gasteiger partial charge in [0.25, 0.3) is 0 Å². The highest BCUT2D eigenvalue weighted by Gasteiger charge is 2.39. The Morgan fingerprint density at radius 2 is 1.78 bits per heavy atom. The summed E-state index contributed by atoms with van der Waals surface area (Å²) in [5.74, 6) is -1.40. The molecule has 18 heavy (non-hydrogen) atoms. The van der Waals surface area contributed by atoms with Crippen LogP contribution in [0.3, 0.4) is 0 Å². The number of piperidine rings is 1. The van der Waals surface area contributed by atoms with Gasteiger partial charge in [-0.05, 0) is 23.6 Å². The van der Waals surface area contributed by atoms with Crippen molar-refractivity contribution in [2.75, 3.05) is 10.6 Å². The molecule has 2 N–H and O–H groups in total. The minimum absolute atomic E-state index is 0.0551. The molecule has 5 heteroatoms. The van der Waals surface area contributed by atoms with E-state index in [1.165, 1.54) is 12.1 Å². The number of imide groups is 1. The maximum atomic E-state index is 13.7. The van der Waals surface area contributed by atoms with Crippen LogP contribution in [0.15, 0.2) is 18.2 Å². The van der Waals surface area contributed by atoms with E-state index >= 15 is 0 Å². The molecule has 0 atom stereocenters. The van der Waals surface area contributed by atoms with Crippen molar-refractivity contribution in [3.8, 4) is 0 Å². The van der Waals surface area contributed by atoms with Crippen LogP contribution in [-0.4, -0.2) is 11.8 Å². The van der Waals surface area contributed by atoms with Gasteiger partial charge in [-0.3, -0.25) is 9.59 Å². The Balaban J connectivity index is 2.42. The van der Waals surface area contributed by atoms with E-state index in [0.29, 0.717) is 5.69 Å². The highest BCUT2D eigenvalue weighted by atomic mass is 19.1. The van der Waals surface area contributed by atoms with Gasteiger partial charge in [-0.15, -0.1) is 0 Å². The third-order valence-corrected chi connectivity index (χ3v) is 2.97. The van der Waals surface area contributed by atoms with Gasteiger partial charge in [0.15, 0.2) is 0 Å². The SMILES string of the molecule is CC1(C)CC(=O)N(c2cc(N)ccc2F)C(=O)C1. The van der Waals surface area contributed by atoms with E-state index < -0.39 is 5.82 Å². The quantitative estimate of drug-likeness (QED) is 0.613. The number of nitrogens with zero attached hydrogens (tertiary/aromatic N) is 1. The summed E-state index contributed by atoms with van der Waals surface area (Å²) >= 11 is 0. The Morgan fingerprint density at radius 3 is 2.33 bits per heavy atom. The number of carbonyl (C=O) groups excluding carboxylic acids is 2. The number of anilines is 2. The Morgan fingerprint density at radius 1 is 1.22 bits per heavy atom. The number of rotatable bonds is 1. The molecule has 0 saturated carbocycles. The van der Waals surface area contributed by atoms with Gasteiger partial charge in [0.2, 0.25) is 11.8 Å². The predicted octanol–water partition coefficient (Wildman–Crippen LogP) is 2.09. The number of nitrogen functional groups attached to an aromatic ring is 1. The van der Waals surface area contributed by atoms with Gasteiger partial charge in [0.1, 0.15) is 5.82 Å². The van der Waals surface area contributed by atoms with Crippen LogP contribution in [0.5, 0.6) is 0 Å². The van der Waals surface area contributed by atoms with Crippen LogP contribution >= 0.6 is 0 Å². The number of amides is 2. The highest BCUT2D eigenvalue weighted by molar-refractivity contribution is 6.17. The van der Waals surface area contributed by atoms with Crippen LogP contribution < -0.4 is 10.6 Å². The van der Waals surface area contributed by atoms with E-state index in [4.69, 9.17) is 5.73 Å². The van der Waals surface area contributed by atoms with Crippen molar-refractivity contribution < 1.29 is 14.0 Å². The molecule has 2 rings (SSSR count). The average Bonchev–Trinajstić information content (AvgIpc) is 2.20. The molecule has 0 aliphatic carbocycles. The van der Waals surface area contributed by atoms with Gasteiger partial charge in [0, 0.05) is 18.5 Å². The van der Waals surface area contributed by atoms with Gasteiger partial charge < -0.3 is 5.73 Å². The Kier molecular flexibility index (Phi) is 2.84. The second-order valence-electron chi connectivity index (χ2n) is 5.35. The zero-order valence-electron chi connectivity index (χ0n) is 10.4. The van der Waals surface area contributed by atoms with Crippen LogP contribution in [0.25, 0.3) is 0 Å². The predicted molar refractivity (Wildman–Crippen MR) is 66.3 cm³/mol. The Hall–Kier alpha value is -1.91. The minimum atomic E-state index is -0.620. The lowest BCUT2D eigenvalue weighted by Gasteiger charge is -2.34. The van der Waals surface area contributed by atoms with Crippen molar-refractivity contribution in [2.45, 2.75) is 26.7 Å². The topological polar surface area (TPSA) is 63.4 Å². The second-order valence-corrected chi connectivity index (χ2v) is 5.35. The third kappa shape index (κ3) is 2.20. The molecule has 2 amide bonds. The normalized spacial score (nSPS) is 19.2. The van der Waals surface area contributed by atoms with Crippen molar-refractivity contribution in [1.82, 2.24) is 0 Å². The summed E-state index contributed by atoms with van der Waals surface area (Å²) in [5, 5.41) is 0. The van der Waals surface area contributed by atoms with Crippen LogP contribution in [0, 0.1) is 11.2 Å². The van der Waals surface area contributed by atoms with Gasteiger partial charge in [0.05, 0.1) is 5.69 Å². The van der Waals surface area contributed by atoms with E-state index in [1.807, 2.05) is 13.8 Å². The molecule has 96 valence electrons. The maximum absolute atomic E-state index is 13.7. The number of carbonyl (C=O) groups is 2. The fraction of sp³-hybridized carbons (Fsp3) is 0.385. The lowest BCUT2D eigenvalue weighted by molar-refractivity contribution is -0.132. The first kappa shape index (κ1) is 12.5. The molecule has 1 aromatic rings. The average molecular weight is 250 g/mol. The fourth-order valence-electron chi connectivity index (χ4n) is 2.15. The molecular weight excluding hydrogens is 235 g/mol. The number of hydrogen-bond donors (Lipinski definition) is 1. The molecule has 4 nitrogen and oxygen atoms in total. The maximum Gasteiger partial charge on any atom is 0.234 e. The molecule has 0 unspecified atom stereocenters. The molecule has 0 bridgehead atoms. The standard InChI is InChI=1S/C13H15FN2O2/c1-13(2)6-11(17)16(12(18)7-13)10-5-8(15)3-4-9(10)14/h3-5H,6-7,15H2,1-2H3. The van der Waals surface area contributed by atoms with Crippen molar-refractivity contribution in [3.63, 3.8) is 0 Å². The van der Waals surface area contributed by atoms with Crippen molar-refractivity contribution in [3.05, 3.63) is 24.0 Å². The molecule has 1 heterocycles. The zero-order valence-corrected chi connectivity index (χ0v) is 10.4. The van der Waals surface area contributed by atoms with E-state index in [2.05, 4.69) is 0 Å².